The number of benzene rings is 2. The Morgan fingerprint density at radius 1 is 0.939 bits per heavy atom. The van der Waals surface area contributed by atoms with Gasteiger partial charge in [0.05, 0.1) is 17.7 Å². The van der Waals surface area contributed by atoms with Gasteiger partial charge in [0.25, 0.3) is 5.91 Å². The summed E-state index contributed by atoms with van der Waals surface area (Å²) in [5.41, 5.74) is 1.08. The Kier molecular flexibility index (Phi) is 7.24. The molecule has 174 valence electrons. The zero-order valence-corrected chi connectivity index (χ0v) is 19.3. The minimum absolute atomic E-state index is 0.0946. The number of hydrogen-bond acceptors (Lipinski definition) is 5. The fourth-order valence-electron chi connectivity index (χ4n) is 3.32. The van der Waals surface area contributed by atoms with Crippen molar-refractivity contribution in [2.45, 2.75) is 51.4 Å². The molecule has 0 bridgehead atoms. The molecule has 2 amide bonds. The molecule has 0 saturated carbocycles. The summed E-state index contributed by atoms with van der Waals surface area (Å²) in [6, 6.07) is 14.6. The maximum Gasteiger partial charge on any atom is 0.494 e. The molecule has 0 radical (unpaired) electrons. The van der Waals surface area contributed by atoms with E-state index in [4.69, 9.17) is 9.31 Å². The molecular formula is C24H29BN2O6. The molecule has 1 aliphatic heterocycles. The number of carbonyl (C=O) groups is 3. The van der Waals surface area contributed by atoms with Gasteiger partial charge in [-0.2, -0.15) is 0 Å². The Balaban J connectivity index is 1.56. The largest absolute Gasteiger partial charge is 0.494 e. The zero-order chi connectivity index (χ0) is 24.2. The van der Waals surface area contributed by atoms with Gasteiger partial charge in [0.2, 0.25) is 5.91 Å². The highest BCUT2D eigenvalue weighted by molar-refractivity contribution is 6.62. The summed E-state index contributed by atoms with van der Waals surface area (Å²) in [6.45, 7) is 7.58. The lowest BCUT2D eigenvalue weighted by molar-refractivity contribution is -0.141. The lowest BCUT2D eigenvalue weighted by atomic mass is 9.78. The number of aliphatic carboxylic acids is 1. The topological polar surface area (TPSA) is 114 Å². The standard InChI is InChI=1S/C24H29BN2O6/c1-23(2)24(3,4)33-25(32-23)18-12-10-16(11-13-18)14-19(22(30)31)27-20(28)15-26-21(29)17-8-6-5-7-9-17/h5-13,19H,14-15H2,1-4H3,(H,26,29)(H,27,28)(H,30,31)/t19-/m0/s1. The highest BCUT2D eigenvalue weighted by Gasteiger charge is 2.51. The second kappa shape index (κ2) is 9.76. The van der Waals surface area contributed by atoms with Gasteiger partial charge in [0.1, 0.15) is 6.04 Å². The highest BCUT2D eigenvalue weighted by atomic mass is 16.7. The van der Waals surface area contributed by atoms with E-state index in [-0.39, 0.29) is 13.0 Å². The van der Waals surface area contributed by atoms with Crippen molar-refractivity contribution in [2.75, 3.05) is 6.54 Å². The maximum absolute atomic E-state index is 12.2. The van der Waals surface area contributed by atoms with Gasteiger partial charge < -0.3 is 25.0 Å². The molecule has 2 aromatic rings. The summed E-state index contributed by atoms with van der Waals surface area (Å²) in [5, 5.41) is 14.5. The third kappa shape index (κ3) is 6.00. The number of nitrogens with one attached hydrogen (secondary N) is 2. The monoisotopic (exact) mass is 452 g/mol. The summed E-state index contributed by atoms with van der Waals surface area (Å²) in [5.74, 6) is -2.15. The van der Waals surface area contributed by atoms with Crippen LogP contribution in [0.4, 0.5) is 0 Å². The molecule has 0 aliphatic carbocycles. The van der Waals surface area contributed by atoms with E-state index in [1.807, 2.05) is 39.8 Å². The Morgan fingerprint density at radius 2 is 1.52 bits per heavy atom. The number of carboxylic acids is 1. The number of carboxylic acid groups (broad SMARTS) is 1. The van der Waals surface area contributed by atoms with Crippen LogP contribution in [0.3, 0.4) is 0 Å². The average molecular weight is 452 g/mol. The molecule has 2 aromatic carbocycles. The van der Waals surface area contributed by atoms with Crippen molar-refractivity contribution in [2.24, 2.45) is 0 Å². The fourth-order valence-corrected chi connectivity index (χ4v) is 3.32. The molecular weight excluding hydrogens is 423 g/mol. The lowest BCUT2D eigenvalue weighted by Crippen LogP contribution is -2.46. The summed E-state index contributed by atoms with van der Waals surface area (Å²) >= 11 is 0. The molecule has 8 nitrogen and oxygen atoms in total. The van der Waals surface area contributed by atoms with Crippen molar-refractivity contribution in [3.8, 4) is 0 Å². The molecule has 3 N–H and O–H groups in total. The van der Waals surface area contributed by atoms with E-state index >= 15 is 0 Å². The van der Waals surface area contributed by atoms with Crippen molar-refractivity contribution < 1.29 is 28.8 Å². The van der Waals surface area contributed by atoms with Crippen LogP contribution >= 0.6 is 0 Å². The highest BCUT2D eigenvalue weighted by Crippen LogP contribution is 2.36. The summed E-state index contributed by atoms with van der Waals surface area (Å²) in [7, 11) is -0.507. The van der Waals surface area contributed by atoms with Gasteiger partial charge in [-0.25, -0.2) is 4.79 Å². The minimum Gasteiger partial charge on any atom is -0.480 e. The van der Waals surface area contributed by atoms with Crippen molar-refractivity contribution in [1.82, 2.24) is 10.6 Å². The van der Waals surface area contributed by atoms with Crippen LogP contribution in [-0.4, -0.2) is 53.8 Å². The summed E-state index contributed by atoms with van der Waals surface area (Å²) in [6.07, 6.45) is 0.0946. The minimum atomic E-state index is -1.16. The summed E-state index contributed by atoms with van der Waals surface area (Å²) in [4.78, 5) is 35.9. The fraction of sp³-hybridized carbons (Fsp3) is 0.375. The maximum atomic E-state index is 12.2. The first kappa shape index (κ1) is 24.5. The van der Waals surface area contributed by atoms with Gasteiger partial charge >= 0.3 is 13.1 Å². The molecule has 0 unspecified atom stereocenters. The predicted octanol–water partition coefficient (Wildman–Crippen LogP) is 1.53. The van der Waals surface area contributed by atoms with Crippen LogP contribution in [0.15, 0.2) is 54.6 Å². The van der Waals surface area contributed by atoms with E-state index in [0.29, 0.717) is 5.56 Å². The SMILES string of the molecule is CC1(C)OB(c2ccc(C[C@H](NC(=O)CNC(=O)c3ccccc3)C(=O)O)cc2)OC1(C)C. The third-order valence-electron chi connectivity index (χ3n) is 6.02. The van der Waals surface area contributed by atoms with E-state index in [1.54, 1.807) is 42.5 Å². The van der Waals surface area contributed by atoms with Gasteiger partial charge in [-0.3, -0.25) is 9.59 Å². The molecule has 1 aliphatic rings. The second-order valence-corrected chi connectivity index (χ2v) is 9.04. The molecule has 1 saturated heterocycles. The van der Waals surface area contributed by atoms with E-state index in [9.17, 15) is 19.5 Å². The smallest absolute Gasteiger partial charge is 0.480 e. The van der Waals surface area contributed by atoms with Crippen LogP contribution in [0.5, 0.6) is 0 Å². The first-order valence-electron chi connectivity index (χ1n) is 10.8. The Hall–Kier alpha value is -3.17. The van der Waals surface area contributed by atoms with Crippen LogP contribution in [0, 0.1) is 0 Å². The van der Waals surface area contributed by atoms with Crippen LogP contribution in [0.1, 0.15) is 43.6 Å². The van der Waals surface area contributed by atoms with Gasteiger partial charge in [-0.15, -0.1) is 0 Å². The zero-order valence-electron chi connectivity index (χ0n) is 19.3. The van der Waals surface area contributed by atoms with Gasteiger partial charge in [-0.05, 0) is 50.9 Å². The predicted molar refractivity (Wildman–Crippen MR) is 124 cm³/mol. The Labute approximate surface area is 193 Å². The number of amides is 2. The molecule has 33 heavy (non-hydrogen) atoms. The van der Waals surface area contributed by atoms with Crippen molar-refractivity contribution in [3.63, 3.8) is 0 Å². The van der Waals surface area contributed by atoms with Crippen molar-refractivity contribution in [3.05, 3.63) is 65.7 Å². The molecule has 1 heterocycles. The quantitative estimate of drug-likeness (QED) is 0.524. The normalized spacial score (nSPS) is 17.3. The Morgan fingerprint density at radius 3 is 2.06 bits per heavy atom. The summed E-state index contributed by atoms with van der Waals surface area (Å²) < 4.78 is 12.1. The van der Waals surface area contributed by atoms with E-state index < -0.39 is 42.1 Å². The van der Waals surface area contributed by atoms with Crippen molar-refractivity contribution in [1.29, 1.82) is 0 Å². The molecule has 1 fully saturated rings. The number of rotatable bonds is 8. The third-order valence-corrected chi connectivity index (χ3v) is 6.02. The first-order chi connectivity index (χ1) is 15.5. The number of carbonyl (C=O) groups excluding carboxylic acids is 2. The molecule has 0 spiro atoms. The molecule has 3 rings (SSSR count). The first-order valence-corrected chi connectivity index (χ1v) is 10.8. The number of hydrogen-bond donors (Lipinski definition) is 3. The van der Waals surface area contributed by atoms with Gasteiger partial charge in [0.15, 0.2) is 0 Å². The molecule has 9 heteroatoms. The second-order valence-electron chi connectivity index (χ2n) is 9.04. The van der Waals surface area contributed by atoms with E-state index in [0.717, 1.165) is 11.0 Å². The average Bonchev–Trinajstić information content (AvgIpc) is 2.99. The van der Waals surface area contributed by atoms with Gasteiger partial charge in [-0.1, -0.05) is 42.5 Å². The van der Waals surface area contributed by atoms with E-state index in [2.05, 4.69) is 10.6 Å². The van der Waals surface area contributed by atoms with Crippen LogP contribution < -0.4 is 16.1 Å². The van der Waals surface area contributed by atoms with Gasteiger partial charge in [0, 0.05) is 12.0 Å². The lowest BCUT2D eigenvalue weighted by Gasteiger charge is -2.32. The van der Waals surface area contributed by atoms with E-state index in [1.165, 1.54) is 0 Å². The molecule has 0 aromatic heterocycles. The van der Waals surface area contributed by atoms with Crippen molar-refractivity contribution >= 4 is 30.4 Å². The van der Waals surface area contributed by atoms with Crippen LogP contribution in [-0.2, 0) is 25.3 Å². The Bertz CT molecular complexity index is 991. The van der Waals surface area contributed by atoms with Crippen LogP contribution in [0.2, 0.25) is 0 Å². The van der Waals surface area contributed by atoms with Crippen LogP contribution in [0.25, 0.3) is 0 Å². The molecule has 1 atom stereocenters.